The molecule has 0 aromatic carbocycles. The van der Waals surface area contributed by atoms with Crippen LogP contribution < -0.4 is 10.6 Å². The van der Waals surface area contributed by atoms with Gasteiger partial charge in [0.25, 0.3) is 0 Å². The maximum Gasteiger partial charge on any atom is 0.223 e. The molecule has 1 fully saturated rings. The highest BCUT2D eigenvalue weighted by atomic mass is 32.1. The van der Waals surface area contributed by atoms with Crippen LogP contribution in [0.25, 0.3) is 10.2 Å². The van der Waals surface area contributed by atoms with Gasteiger partial charge >= 0.3 is 0 Å². The first kappa shape index (κ1) is 13.6. The van der Waals surface area contributed by atoms with Gasteiger partial charge in [0.15, 0.2) is 0 Å². The number of aryl methyl sites for hydroxylation is 1. The van der Waals surface area contributed by atoms with Crippen LogP contribution in [0.3, 0.4) is 0 Å². The SMILES string of the molecule is CCN(CC1CCCO1)c1nc(N)nc2sc(C)cc12. The normalized spacial score (nSPS) is 18.8. The Hall–Kier alpha value is -1.40. The van der Waals surface area contributed by atoms with Gasteiger partial charge in [-0.1, -0.05) is 0 Å². The lowest BCUT2D eigenvalue weighted by molar-refractivity contribution is 0.115. The molecule has 1 aliphatic rings. The van der Waals surface area contributed by atoms with Crippen LogP contribution in [0.15, 0.2) is 6.07 Å². The van der Waals surface area contributed by atoms with E-state index in [2.05, 4.69) is 34.8 Å². The summed E-state index contributed by atoms with van der Waals surface area (Å²) in [6, 6.07) is 2.15. The first-order valence-corrected chi connectivity index (χ1v) is 7.89. The van der Waals surface area contributed by atoms with E-state index in [9.17, 15) is 0 Å². The van der Waals surface area contributed by atoms with Crippen LogP contribution in [0.2, 0.25) is 0 Å². The highest BCUT2D eigenvalue weighted by Gasteiger charge is 2.21. The molecule has 6 heteroatoms. The third-order valence-electron chi connectivity index (χ3n) is 3.64. The third kappa shape index (κ3) is 2.58. The van der Waals surface area contributed by atoms with Crippen molar-refractivity contribution < 1.29 is 4.74 Å². The van der Waals surface area contributed by atoms with E-state index in [1.165, 1.54) is 4.88 Å². The van der Waals surface area contributed by atoms with Crippen molar-refractivity contribution in [1.29, 1.82) is 0 Å². The smallest absolute Gasteiger partial charge is 0.223 e. The van der Waals surface area contributed by atoms with Crippen molar-refractivity contribution in [2.24, 2.45) is 0 Å². The Morgan fingerprint density at radius 3 is 3.05 bits per heavy atom. The molecule has 0 aliphatic carbocycles. The predicted molar refractivity (Wildman–Crippen MR) is 83.4 cm³/mol. The van der Waals surface area contributed by atoms with E-state index in [-0.39, 0.29) is 0 Å². The number of anilines is 2. The molecule has 3 rings (SSSR count). The Bertz CT molecular complexity index is 606. The first-order valence-electron chi connectivity index (χ1n) is 7.07. The minimum absolute atomic E-state index is 0.306. The number of fused-ring (bicyclic) bond motifs is 1. The van der Waals surface area contributed by atoms with E-state index in [0.717, 1.165) is 48.6 Å². The largest absolute Gasteiger partial charge is 0.376 e. The Morgan fingerprint density at radius 1 is 1.50 bits per heavy atom. The standard InChI is InChI=1S/C14H20N4OS/c1-3-18(8-10-5-4-6-19-10)12-11-7-9(2)20-13(11)17-14(15)16-12/h7,10H,3-6,8H2,1-2H3,(H2,15,16,17). The molecule has 0 bridgehead atoms. The second-order valence-corrected chi connectivity index (χ2v) is 6.39. The van der Waals surface area contributed by atoms with Crippen LogP contribution in [0.4, 0.5) is 11.8 Å². The molecular weight excluding hydrogens is 272 g/mol. The number of nitrogen functional groups attached to an aromatic ring is 1. The number of ether oxygens (including phenoxy) is 1. The first-order chi connectivity index (χ1) is 9.67. The van der Waals surface area contributed by atoms with Gasteiger partial charge in [-0.25, -0.2) is 4.98 Å². The summed E-state index contributed by atoms with van der Waals surface area (Å²) in [7, 11) is 0. The fourth-order valence-corrected chi connectivity index (χ4v) is 3.56. The lowest BCUT2D eigenvalue weighted by Gasteiger charge is -2.25. The molecule has 0 radical (unpaired) electrons. The van der Waals surface area contributed by atoms with E-state index in [1.807, 2.05) is 0 Å². The van der Waals surface area contributed by atoms with Crippen molar-refractivity contribution in [2.75, 3.05) is 30.3 Å². The van der Waals surface area contributed by atoms with Crippen LogP contribution >= 0.6 is 11.3 Å². The van der Waals surface area contributed by atoms with Crippen molar-refractivity contribution >= 4 is 33.3 Å². The molecule has 0 saturated carbocycles. The fourth-order valence-electron chi connectivity index (χ4n) is 2.68. The van der Waals surface area contributed by atoms with E-state index in [1.54, 1.807) is 11.3 Å². The molecule has 1 saturated heterocycles. The molecule has 1 atom stereocenters. The summed E-state index contributed by atoms with van der Waals surface area (Å²) in [6.45, 7) is 6.86. The van der Waals surface area contributed by atoms with Gasteiger partial charge < -0.3 is 15.4 Å². The Morgan fingerprint density at radius 2 is 2.35 bits per heavy atom. The number of nitrogens with two attached hydrogens (primary N) is 1. The van der Waals surface area contributed by atoms with E-state index < -0.39 is 0 Å². The van der Waals surface area contributed by atoms with Gasteiger partial charge in [0.1, 0.15) is 10.6 Å². The summed E-state index contributed by atoms with van der Waals surface area (Å²) in [5.41, 5.74) is 5.86. The Balaban J connectivity index is 1.97. The molecule has 3 heterocycles. The van der Waals surface area contributed by atoms with Crippen molar-refractivity contribution in [3.63, 3.8) is 0 Å². The van der Waals surface area contributed by atoms with Crippen LogP contribution in [-0.2, 0) is 4.74 Å². The average Bonchev–Trinajstić information content (AvgIpc) is 3.03. The summed E-state index contributed by atoms with van der Waals surface area (Å²) < 4.78 is 5.74. The van der Waals surface area contributed by atoms with E-state index in [4.69, 9.17) is 10.5 Å². The number of hydrogen-bond acceptors (Lipinski definition) is 6. The van der Waals surface area contributed by atoms with Crippen LogP contribution in [0, 0.1) is 6.92 Å². The molecular formula is C14H20N4OS. The predicted octanol–water partition coefficient (Wildman–Crippen LogP) is 2.59. The summed E-state index contributed by atoms with van der Waals surface area (Å²) in [6.07, 6.45) is 2.59. The quantitative estimate of drug-likeness (QED) is 0.938. The fraction of sp³-hybridized carbons (Fsp3) is 0.571. The lowest BCUT2D eigenvalue weighted by atomic mass is 10.2. The van der Waals surface area contributed by atoms with Gasteiger partial charge in [-0.15, -0.1) is 11.3 Å². The molecule has 0 amide bonds. The highest BCUT2D eigenvalue weighted by Crippen LogP contribution is 2.31. The monoisotopic (exact) mass is 292 g/mol. The molecule has 5 nitrogen and oxygen atoms in total. The van der Waals surface area contributed by atoms with Crippen molar-refractivity contribution in [1.82, 2.24) is 9.97 Å². The zero-order valence-corrected chi connectivity index (χ0v) is 12.7. The molecule has 1 unspecified atom stereocenters. The summed E-state index contributed by atoms with van der Waals surface area (Å²) in [5.74, 6) is 1.29. The van der Waals surface area contributed by atoms with Crippen molar-refractivity contribution in [3.05, 3.63) is 10.9 Å². The van der Waals surface area contributed by atoms with Crippen LogP contribution in [0.1, 0.15) is 24.6 Å². The van der Waals surface area contributed by atoms with E-state index in [0.29, 0.717) is 12.1 Å². The van der Waals surface area contributed by atoms with Gasteiger partial charge in [-0.05, 0) is 32.8 Å². The number of rotatable bonds is 4. The minimum Gasteiger partial charge on any atom is -0.376 e. The number of likely N-dealkylation sites (N-methyl/N-ethyl adjacent to an activating group) is 1. The van der Waals surface area contributed by atoms with Gasteiger partial charge in [-0.3, -0.25) is 0 Å². The zero-order valence-electron chi connectivity index (χ0n) is 11.9. The maximum absolute atomic E-state index is 5.86. The molecule has 2 aromatic rings. The second-order valence-electron chi connectivity index (χ2n) is 5.15. The van der Waals surface area contributed by atoms with Gasteiger partial charge in [-0.2, -0.15) is 4.98 Å². The molecule has 2 aromatic heterocycles. The number of thiophene rings is 1. The van der Waals surface area contributed by atoms with Crippen molar-refractivity contribution in [2.45, 2.75) is 32.8 Å². The number of hydrogen-bond donors (Lipinski definition) is 1. The highest BCUT2D eigenvalue weighted by molar-refractivity contribution is 7.18. The second kappa shape index (κ2) is 5.54. The molecule has 2 N–H and O–H groups in total. The van der Waals surface area contributed by atoms with Crippen LogP contribution in [-0.4, -0.2) is 35.8 Å². The molecule has 1 aliphatic heterocycles. The molecule has 0 spiro atoms. The topological polar surface area (TPSA) is 64.3 Å². The summed E-state index contributed by atoms with van der Waals surface area (Å²) in [4.78, 5) is 13.3. The Labute approximate surface area is 122 Å². The van der Waals surface area contributed by atoms with Gasteiger partial charge in [0.2, 0.25) is 5.95 Å². The maximum atomic E-state index is 5.86. The van der Waals surface area contributed by atoms with E-state index >= 15 is 0 Å². The Kier molecular flexibility index (Phi) is 3.76. The minimum atomic E-state index is 0.306. The third-order valence-corrected chi connectivity index (χ3v) is 4.59. The van der Waals surface area contributed by atoms with Crippen LogP contribution in [0.5, 0.6) is 0 Å². The summed E-state index contributed by atoms with van der Waals surface area (Å²) in [5, 5.41) is 1.10. The van der Waals surface area contributed by atoms with Gasteiger partial charge in [0.05, 0.1) is 11.5 Å². The number of nitrogens with zero attached hydrogens (tertiary/aromatic N) is 3. The zero-order chi connectivity index (χ0) is 14.1. The lowest BCUT2D eigenvalue weighted by Crippen LogP contribution is -2.33. The average molecular weight is 292 g/mol. The van der Waals surface area contributed by atoms with Crippen molar-refractivity contribution in [3.8, 4) is 0 Å². The number of aromatic nitrogens is 2. The molecule has 20 heavy (non-hydrogen) atoms. The van der Waals surface area contributed by atoms with Gasteiger partial charge in [0, 0.05) is 24.6 Å². The summed E-state index contributed by atoms with van der Waals surface area (Å²) >= 11 is 1.66. The molecule has 108 valence electrons.